The number of amides is 1. The number of nitrogens with one attached hydrogen (secondary N) is 1. The number of hydrogen-bond donors (Lipinski definition) is 3. The van der Waals surface area contributed by atoms with Crippen molar-refractivity contribution in [2.45, 2.75) is 57.5 Å². The summed E-state index contributed by atoms with van der Waals surface area (Å²) in [4.78, 5) is 17.3. The summed E-state index contributed by atoms with van der Waals surface area (Å²) in [6.07, 6.45) is -5.34. The fraction of sp³-hybridized carbons (Fsp3) is 0.500. The lowest BCUT2D eigenvalue weighted by Gasteiger charge is -2.34. The van der Waals surface area contributed by atoms with Gasteiger partial charge < -0.3 is 25.0 Å². The Hall–Kier alpha value is -3.27. The third kappa shape index (κ3) is 7.82. The van der Waals surface area contributed by atoms with Crippen LogP contribution in [0, 0.1) is 19.7 Å². The van der Waals surface area contributed by atoms with E-state index in [2.05, 4.69) is 15.0 Å². The van der Waals surface area contributed by atoms with Gasteiger partial charge in [-0.05, 0) is 80.1 Å². The summed E-state index contributed by atoms with van der Waals surface area (Å²) in [5, 5.41) is 20.9. The maximum Gasteiger partial charge on any atom is 0.573 e. The number of benzene rings is 2. The average Bonchev–Trinajstić information content (AvgIpc) is 3.23. The Kier molecular flexibility index (Phi) is 9.69. The minimum atomic E-state index is -5.11. The summed E-state index contributed by atoms with van der Waals surface area (Å²) in [7, 11) is -3.70. The summed E-state index contributed by atoms with van der Waals surface area (Å²) in [6.45, 7) is 3.60. The molecule has 2 aromatic rings. The third-order valence-electron chi connectivity index (χ3n) is 7.56. The van der Waals surface area contributed by atoms with Crippen molar-refractivity contribution < 1.29 is 50.5 Å². The van der Waals surface area contributed by atoms with E-state index >= 15 is 0 Å². The number of aliphatic imine (C=N–C) groups is 1. The van der Waals surface area contributed by atoms with Gasteiger partial charge in [0.15, 0.2) is 11.6 Å². The van der Waals surface area contributed by atoms with E-state index in [0.717, 1.165) is 28.8 Å². The molecule has 0 bridgehead atoms. The van der Waals surface area contributed by atoms with E-state index < -0.39 is 45.5 Å². The number of sulfonamides is 1. The topological polar surface area (TPSA) is 138 Å². The second kappa shape index (κ2) is 12.8. The largest absolute Gasteiger partial charge is 0.573 e. The van der Waals surface area contributed by atoms with Crippen molar-refractivity contribution >= 4 is 21.8 Å². The number of halogens is 4. The average molecular weight is 632 g/mol. The Morgan fingerprint density at radius 2 is 1.79 bits per heavy atom. The number of alkyl halides is 3. The second-order valence-corrected chi connectivity index (χ2v) is 12.7. The second-order valence-electron chi connectivity index (χ2n) is 10.6. The maximum atomic E-state index is 13.8. The molecule has 236 valence electrons. The molecule has 15 heteroatoms. The van der Waals surface area contributed by atoms with Crippen LogP contribution in [0.5, 0.6) is 11.5 Å². The van der Waals surface area contributed by atoms with Crippen LogP contribution in [0.1, 0.15) is 41.5 Å². The molecule has 0 radical (unpaired) electrons. The number of piperidine rings is 1. The van der Waals surface area contributed by atoms with E-state index in [0.29, 0.717) is 5.75 Å². The molecule has 2 aliphatic rings. The molecular weight excluding hydrogens is 598 g/mol. The van der Waals surface area contributed by atoms with Crippen LogP contribution in [-0.4, -0.2) is 84.7 Å². The Morgan fingerprint density at radius 3 is 2.40 bits per heavy atom. The first-order valence-corrected chi connectivity index (χ1v) is 15.2. The fourth-order valence-corrected chi connectivity index (χ4v) is 6.63. The van der Waals surface area contributed by atoms with Crippen molar-refractivity contribution in [1.29, 1.82) is 0 Å². The number of rotatable bonds is 11. The highest BCUT2D eigenvalue weighted by Gasteiger charge is 2.47. The Bertz CT molecular complexity index is 1470. The molecule has 1 amide bonds. The summed E-state index contributed by atoms with van der Waals surface area (Å²) >= 11 is 0. The molecular formula is C28H33F4N3O7S. The highest BCUT2D eigenvalue weighted by molar-refractivity contribution is 7.89. The quantitative estimate of drug-likeness (QED) is 0.325. The number of amidine groups is 1. The van der Waals surface area contributed by atoms with Crippen molar-refractivity contribution in [1.82, 2.24) is 9.62 Å². The zero-order valence-corrected chi connectivity index (χ0v) is 24.4. The number of aliphatic hydroxyl groups excluding tert-OH is 2. The number of hydrogen-bond acceptors (Lipinski definition) is 8. The normalized spacial score (nSPS) is 18.0. The molecule has 1 fully saturated rings. The molecule has 2 heterocycles. The van der Waals surface area contributed by atoms with Crippen molar-refractivity contribution in [3.63, 3.8) is 0 Å². The van der Waals surface area contributed by atoms with Crippen LogP contribution in [0.15, 0.2) is 35.3 Å². The molecule has 0 aliphatic carbocycles. The van der Waals surface area contributed by atoms with Crippen molar-refractivity contribution in [3.8, 4) is 11.5 Å². The molecule has 4 rings (SSSR count). The minimum absolute atomic E-state index is 0.0167. The van der Waals surface area contributed by atoms with E-state index in [1.54, 1.807) is 12.1 Å². The standard InChI is InChI=1S/C28H33F4N3O7S/c1-17-13-21(41-11-5-20(37)16-36)14-18(2)22(17)6-12-43(39,40)35-9-7-27(8-10-35)26(38)33-25(34-27)19-3-4-23(29)24(15-19)42-28(30,31)32/h3-4,13-15,20,36-37H,5-12,16H2,1-2H3,(H,33,34,38). The zero-order valence-electron chi connectivity index (χ0n) is 23.6. The van der Waals surface area contributed by atoms with E-state index in [4.69, 9.17) is 9.84 Å². The van der Waals surface area contributed by atoms with Gasteiger partial charge in [-0.25, -0.2) is 17.1 Å². The molecule has 10 nitrogen and oxygen atoms in total. The number of aryl methyl sites for hydroxylation is 2. The minimum Gasteiger partial charge on any atom is -0.493 e. The summed E-state index contributed by atoms with van der Waals surface area (Å²) < 4.78 is 88.8. The van der Waals surface area contributed by atoms with Gasteiger partial charge >= 0.3 is 6.36 Å². The molecule has 1 saturated heterocycles. The first kappa shape index (κ1) is 32.6. The van der Waals surface area contributed by atoms with Crippen LogP contribution in [0.4, 0.5) is 17.6 Å². The van der Waals surface area contributed by atoms with E-state index in [-0.39, 0.29) is 69.1 Å². The SMILES string of the molecule is Cc1cc(OCCC(O)CO)cc(C)c1CCS(=O)(=O)N1CCC2(CC1)N=C(c1ccc(F)c(OC(F)(F)F)c1)NC2=O. The first-order valence-electron chi connectivity index (χ1n) is 13.6. The molecule has 3 N–H and O–H groups in total. The van der Waals surface area contributed by atoms with E-state index in [1.165, 1.54) is 10.4 Å². The molecule has 1 atom stereocenters. The number of carbonyl (C=O) groups is 1. The molecule has 0 saturated carbocycles. The number of carbonyl (C=O) groups excluding carboxylic acids is 1. The molecule has 1 spiro atoms. The van der Waals surface area contributed by atoms with Gasteiger partial charge in [-0.3, -0.25) is 9.79 Å². The highest BCUT2D eigenvalue weighted by Crippen LogP contribution is 2.34. The van der Waals surface area contributed by atoms with Crippen LogP contribution >= 0.6 is 0 Å². The van der Waals surface area contributed by atoms with E-state index in [9.17, 15) is 35.9 Å². The van der Waals surface area contributed by atoms with Crippen LogP contribution in [0.2, 0.25) is 0 Å². The third-order valence-corrected chi connectivity index (χ3v) is 9.44. The van der Waals surface area contributed by atoms with Gasteiger partial charge in [0.05, 0.1) is 25.1 Å². The Labute approximate surface area is 246 Å². The number of ether oxygens (including phenoxy) is 2. The summed E-state index contributed by atoms with van der Waals surface area (Å²) in [5.74, 6) is -2.44. The van der Waals surface area contributed by atoms with Crippen molar-refractivity contribution in [3.05, 3.63) is 58.4 Å². The predicted molar refractivity (Wildman–Crippen MR) is 148 cm³/mol. The fourth-order valence-electron chi connectivity index (χ4n) is 5.18. The van der Waals surface area contributed by atoms with E-state index in [1.807, 2.05) is 13.8 Å². The van der Waals surface area contributed by atoms with Crippen LogP contribution in [-0.2, 0) is 21.2 Å². The van der Waals surface area contributed by atoms with Gasteiger partial charge in [0.25, 0.3) is 5.91 Å². The smallest absolute Gasteiger partial charge is 0.493 e. The van der Waals surface area contributed by atoms with Gasteiger partial charge in [-0.15, -0.1) is 13.2 Å². The summed E-state index contributed by atoms with van der Waals surface area (Å²) in [5.41, 5.74) is 1.28. The van der Waals surface area contributed by atoms with Crippen LogP contribution in [0.25, 0.3) is 0 Å². The van der Waals surface area contributed by atoms with Crippen LogP contribution < -0.4 is 14.8 Å². The van der Waals surface area contributed by atoms with Crippen LogP contribution in [0.3, 0.4) is 0 Å². The van der Waals surface area contributed by atoms with Gasteiger partial charge in [0.1, 0.15) is 17.1 Å². The number of nitrogens with zero attached hydrogens (tertiary/aromatic N) is 2. The first-order chi connectivity index (χ1) is 20.1. The Morgan fingerprint density at radius 1 is 1.14 bits per heavy atom. The van der Waals surface area contributed by atoms with Gasteiger partial charge in [0, 0.05) is 25.1 Å². The lowest BCUT2D eigenvalue weighted by Crippen LogP contribution is -2.50. The zero-order chi connectivity index (χ0) is 31.6. The molecule has 2 aliphatic heterocycles. The predicted octanol–water partition coefficient (Wildman–Crippen LogP) is 2.75. The molecule has 2 aromatic carbocycles. The van der Waals surface area contributed by atoms with Crippen molar-refractivity contribution in [2.24, 2.45) is 4.99 Å². The highest BCUT2D eigenvalue weighted by atomic mass is 32.2. The number of aliphatic hydroxyl groups is 2. The van der Waals surface area contributed by atoms with Gasteiger partial charge in [-0.2, -0.15) is 0 Å². The monoisotopic (exact) mass is 631 g/mol. The summed E-state index contributed by atoms with van der Waals surface area (Å²) in [6, 6.07) is 6.32. The molecule has 0 aromatic heterocycles. The van der Waals surface area contributed by atoms with Gasteiger partial charge in [0.2, 0.25) is 10.0 Å². The maximum absolute atomic E-state index is 13.8. The Balaban J connectivity index is 1.38. The lowest BCUT2D eigenvalue weighted by molar-refractivity contribution is -0.275. The van der Waals surface area contributed by atoms with Crippen molar-refractivity contribution in [2.75, 3.05) is 32.1 Å². The molecule has 1 unspecified atom stereocenters. The molecule has 43 heavy (non-hydrogen) atoms. The lowest BCUT2D eigenvalue weighted by atomic mass is 9.89. The van der Waals surface area contributed by atoms with Gasteiger partial charge in [-0.1, -0.05) is 0 Å².